The molecule has 178 valence electrons. The fraction of sp³-hybridized carbons (Fsp3) is 0.0909. The highest BCUT2D eigenvalue weighted by atomic mass is 19.1. The molecule has 0 aliphatic carbocycles. The molecular formula is C33H27F2N. The summed E-state index contributed by atoms with van der Waals surface area (Å²) in [6.07, 6.45) is 0. The van der Waals surface area contributed by atoms with E-state index >= 15 is 8.78 Å². The number of hydrogen-bond donors (Lipinski definition) is 0. The van der Waals surface area contributed by atoms with Crippen molar-refractivity contribution in [1.29, 1.82) is 0 Å². The predicted octanol–water partition coefficient (Wildman–Crippen LogP) is 9.51. The maximum Gasteiger partial charge on any atom is 0.147 e. The molecule has 0 saturated heterocycles. The van der Waals surface area contributed by atoms with Gasteiger partial charge < -0.3 is 4.90 Å². The summed E-state index contributed by atoms with van der Waals surface area (Å²) in [7, 11) is 0. The lowest BCUT2D eigenvalue weighted by Gasteiger charge is -2.33. The largest absolute Gasteiger partial charge is 0.334 e. The minimum absolute atomic E-state index is 0.190. The summed E-state index contributed by atoms with van der Waals surface area (Å²) in [5, 5.41) is 0. The molecule has 0 unspecified atom stereocenters. The topological polar surface area (TPSA) is 3.24 Å². The van der Waals surface area contributed by atoms with Gasteiger partial charge in [-0.3, -0.25) is 0 Å². The number of nitrogens with zero attached hydrogens (tertiary/aromatic N) is 1. The first kappa shape index (κ1) is 23.5. The number of halogens is 2. The highest BCUT2D eigenvalue weighted by molar-refractivity contribution is 5.95. The van der Waals surface area contributed by atoms with Gasteiger partial charge >= 0.3 is 0 Å². The molecule has 5 rings (SSSR count). The third-order valence-corrected chi connectivity index (χ3v) is 6.36. The molecule has 0 spiro atoms. The molecule has 0 N–H and O–H groups in total. The van der Waals surface area contributed by atoms with Gasteiger partial charge in [-0.15, -0.1) is 0 Å². The van der Waals surface area contributed by atoms with Crippen LogP contribution in [0, 0.1) is 11.6 Å². The Labute approximate surface area is 211 Å². The third kappa shape index (κ3) is 4.52. The van der Waals surface area contributed by atoms with E-state index in [-0.39, 0.29) is 11.9 Å². The molecule has 0 fully saturated rings. The molecule has 0 amide bonds. The molecule has 1 nitrogen and oxygen atoms in total. The Hall–Kier alpha value is -4.24. The minimum atomic E-state index is -0.395. The Morgan fingerprint density at radius 3 is 1.64 bits per heavy atom. The summed E-state index contributed by atoms with van der Waals surface area (Å²) in [4.78, 5) is 1.76. The number of anilines is 2. The lowest BCUT2D eigenvalue weighted by atomic mass is 9.90. The monoisotopic (exact) mass is 475 g/mol. The molecular weight excluding hydrogens is 448 g/mol. The van der Waals surface area contributed by atoms with E-state index < -0.39 is 5.82 Å². The molecule has 3 heteroatoms. The molecule has 36 heavy (non-hydrogen) atoms. The van der Waals surface area contributed by atoms with Crippen LogP contribution < -0.4 is 4.90 Å². The van der Waals surface area contributed by atoms with Gasteiger partial charge in [-0.05, 0) is 59.9 Å². The molecule has 0 aromatic heterocycles. The summed E-state index contributed by atoms with van der Waals surface area (Å²) in [5.74, 6) is -0.783. The van der Waals surface area contributed by atoms with Gasteiger partial charge in [-0.25, -0.2) is 8.78 Å². The molecule has 5 aromatic carbocycles. The van der Waals surface area contributed by atoms with Crippen molar-refractivity contribution in [1.82, 2.24) is 0 Å². The molecule has 0 heterocycles. The minimum Gasteiger partial charge on any atom is -0.334 e. The van der Waals surface area contributed by atoms with Crippen molar-refractivity contribution < 1.29 is 8.78 Å². The van der Waals surface area contributed by atoms with Crippen molar-refractivity contribution in [2.75, 3.05) is 4.90 Å². The maximum absolute atomic E-state index is 15.8. The van der Waals surface area contributed by atoms with Crippen LogP contribution in [0.3, 0.4) is 0 Å². The number of rotatable bonds is 6. The van der Waals surface area contributed by atoms with Gasteiger partial charge in [-0.2, -0.15) is 0 Å². The molecule has 0 saturated carbocycles. The van der Waals surface area contributed by atoms with Crippen LogP contribution in [-0.2, 0) is 0 Å². The van der Waals surface area contributed by atoms with Crippen LogP contribution in [0.4, 0.5) is 20.2 Å². The Bertz CT molecular complexity index is 1460. The molecule has 5 aromatic rings. The van der Waals surface area contributed by atoms with Crippen LogP contribution in [0.1, 0.15) is 13.8 Å². The van der Waals surface area contributed by atoms with Crippen molar-refractivity contribution in [2.24, 2.45) is 0 Å². The first-order valence-corrected chi connectivity index (χ1v) is 12.1. The van der Waals surface area contributed by atoms with Crippen LogP contribution in [-0.4, -0.2) is 6.04 Å². The Balaban J connectivity index is 1.77. The maximum atomic E-state index is 15.8. The number of hydrogen-bond acceptors (Lipinski definition) is 1. The third-order valence-electron chi connectivity index (χ3n) is 6.36. The van der Waals surface area contributed by atoms with E-state index in [1.807, 2.05) is 80.6 Å². The van der Waals surface area contributed by atoms with Crippen LogP contribution in [0.5, 0.6) is 0 Å². The Morgan fingerprint density at radius 2 is 1.03 bits per heavy atom. The normalized spacial score (nSPS) is 11.0. The standard InChI is InChI=1S/C33H27F2N/c1-23(2)36(31-16-10-9-15-29(31)34)33-30(35)22-21-28(26-13-7-4-8-14-26)32(33)27-19-17-25(18-20-27)24-11-5-3-6-12-24/h3-23H,1-2H3. The average Bonchev–Trinajstić information content (AvgIpc) is 2.91. The fourth-order valence-corrected chi connectivity index (χ4v) is 4.72. The van der Waals surface area contributed by atoms with Crippen molar-refractivity contribution in [3.8, 4) is 33.4 Å². The zero-order chi connectivity index (χ0) is 25.1. The first-order valence-electron chi connectivity index (χ1n) is 12.1. The summed E-state index contributed by atoms with van der Waals surface area (Å²) < 4.78 is 30.9. The summed E-state index contributed by atoms with van der Waals surface area (Å²) in [5.41, 5.74) is 6.36. The highest BCUT2D eigenvalue weighted by Gasteiger charge is 2.26. The SMILES string of the molecule is CC(C)N(c1ccccc1F)c1c(F)ccc(-c2ccccc2)c1-c1ccc(-c2ccccc2)cc1. The van der Waals surface area contributed by atoms with E-state index in [0.29, 0.717) is 11.4 Å². The van der Waals surface area contributed by atoms with Gasteiger partial charge in [0.05, 0.1) is 11.4 Å². The van der Waals surface area contributed by atoms with Gasteiger partial charge in [0.25, 0.3) is 0 Å². The summed E-state index contributed by atoms with van der Waals surface area (Å²) >= 11 is 0. The van der Waals surface area contributed by atoms with E-state index in [4.69, 9.17) is 0 Å². The molecule has 0 aliphatic heterocycles. The van der Waals surface area contributed by atoms with Gasteiger partial charge in [0, 0.05) is 11.6 Å². The molecule has 0 atom stereocenters. The zero-order valence-corrected chi connectivity index (χ0v) is 20.3. The second-order valence-electron chi connectivity index (χ2n) is 9.04. The smallest absolute Gasteiger partial charge is 0.147 e. The zero-order valence-electron chi connectivity index (χ0n) is 20.3. The lowest BCUT2D eigenvalue weighted by Crippen LogP contribution is -2.28. The first-order chi connectivity index (χ1) is 17.5. The van der Waals surface area contributed by atoms with Crippen LogP contribution in [0.15, 0.2) is 121 Å². The van der Waals surface area contributed by atoms with Gasteiger partial charge in [0.1, 0.15) is 11.6 Å². The van der Waals surface area contributed by atoms with Crippen molar-refractivity contribution >= 4 is 11.4 Å². The van der Waals surface area contributed by atoms with Crippen molar-refractivity contribution in [3.05, 3.63) is 133 Å². The van der Waals surface area contributed by atoms with E-state index in [1.54, 1.807) is 23.1 Å². The Morgan fingerprint density at radius 1 is 0.500 bits per heavy atom. The Kier molecular flexibility index (Phi) is 6.64. The highest BCUT2D eigenvalue weighted by Crippen LogP contribution is 2.45. The summed E-state index contributed by atoms with van der Waals surface area (Å²) in [6.45, 7) is 3.90. The van der Waals surface area contributed by atoms with Crippen LogP contribution in [0.2, 0.25) is 0 Å². The van der Waals surface area contributed by atoms with Gasteiger partial charge in [-0.1, -0.05) is 103 Å². The second-order valence-corrected chi connectivity index (χ2v) is 9.04. The molecule has 0 radical (unpaired) electrons. The fourth-order valence-electron chi connectivity index (χ4n) is 4.72. The van der Waals surface area contributed by atoms with Crippen LogP contribution >= 0.6 is 0 Å². The van der Waals surface area contributed by atoms with Crippen molar-refractivity contribution in [3.63, 3.8) is 0 Å². The van der Waals surface area contributed by atoms with Gasteiger partial charge in [0.15, 0.2) is 0 Å². The van der Waals surface area contributed by atoms with E-state index in [0.717, 1.165) is 33.4 Å². The number of para-hydroxylation sites is 1. The van der Waals surface area contributed by atoms with E-state index in [1.165, 1.54) is 12.1 Å². The van der Waals surface area contributed by atoms with Gasteiger partial charge in [0.2, 0.25) is 0 Å². The number of benzene rings is 5. The van der Waals surface area contributed by atoms with Crippen LogP contribution in [0.25, 0.3) is 33.4 Å². The molecule has 0 bridgehead atoms. The quantitative estimate of drug-likeness (QED) is 0.236. The van der Waals surface area contributed by atoms with E-state index in [9.17, 15) is 0 Å². The second kappa shape index (κ2) is 10.2. The molecule has 0 aliphatic rings. The average molecular weight is 476 g/mol. The predicted molar refractivity (Wildman–Crippen MR) is 146 cm³/mol. The van der Waals surface area contributed by atoms with Crippen molar-refractivity contribution in [2.45, 2.75) is 19.9 Å². The van der Waals surface area contributed by atoms with E-state index in [2.05, 4.69) is 24.3 Å². The lowest BCUT2D eigenvalue weighted by molar-refractivity contribution is 0.603. The summed E-state index contributed by atoms with van der Waals surface area (Å²) in [6, 6.07) is 37.9.